The van der Waals surface area contributed by atoms with Crippen LogP contribution in [-0.2, 0) is 0 Å². The zero-order valence-corrected chi connectivity index (χ0v) is 10.9. The summed E-state index contributed by atoms with van der Waals surface area (Å²) in [4.78, 5) is 12.0. The summed E-state index contributed by atoms with van der Waals surface area (Å²) in [6.07, 6.45) is 0. The number of rotatable bonds is 2. The Labute approximate surface area is 114 Å². The number of aromatic nitrogens is 2. The van der Waals surface area contributed by atoms with E-state index in [0.29, 0.717) is 16.2 Å². The predicted molar refractivity (Wildman–Crippen MR) is 75.5 cm³/mol. The van der Waals surface area contributed by atoms with E-state index in [1.165, 1.54) is 0 Å². The molecule has 0 saturated carbocycles. The Morgan fingerprint density at radius 3 is 2.79 bits per heavy atom. The molecule has 0 fully saturated rings. The van der Waals surface area contributed by atoms with Crippen LogP contribution >= 0.6 is 11.6 Å². The highest BCUT2D eigenvalue weighted by Crippen LogP contribution is 2.21. The first-order valence-electron chi connectivity index (χ1n) is 5.74. The third kappa shape index (κ3) is 2.00. The first kappa shape index (κ1) is 11.9. The van der Waals surface area contributed by atoms with E-state index in [9.17, 15) is 4.79 Å². The van der Waals surface area contributed by atoms with Crippen LogP contribution in [0.15, 0.2) is 47.3 Å². The average molecular weight is 275 g/mol. The highest BCUT2D eigenvalue weighted by molar-refractivity contribution is 6.30. The standard InChI is InChI=1S/C14H11ClN2O2/c1-19-11-5-6-13-12(8-11)14(18)16-17(13)10-4-2-3-9(15)7-10/h2-8H,1H3,(H,16,18). The van der Waals surface area contributed by atoms with Crippen molar-refractivity contribution in [2.75, 3.05) is 7.11 Å². The molecule has 2 aromatic carbocycles. The molecule has 0 bridgehead atoms. The summed E-state index contributed by atoms with van der Waals surface area (Å²) in [5.74, 6) is 0.654. The summed E-state index contributed by atoms with van der Waals surface area (Å²) in [5.41, 5.74) is 1.44. The second-order valence-electron chi connectivity index (χ2n) is 4.14. The van der Waals surface area contributed by atoms with Crippen molar-refractivity contribution in [1.29, 1.82) is 0 Å². The number of H-pyrrole nitrogens is 1. The van der Waals surface area contributed by atoms with Gasteiger partial charge in [0, 0.05) is 5.02 Å². The molecule has 4 nitrogen and oxygen atoms in total. The summed E-state index contributed by atoms with van der Waals surface area (Å²) in [7, 11) is 1.57. The fourth-order valence-electron chi connectivity index (χ4n) is 2.06. The van der Waals surface area contributed by atoms with Crippen LogP contribution in [0.2, 0.25) is 5.02 Å². The van der Waals surface area contributed by atoms with Gasteiger partial charge >= 0.3 is 0 Å². The maximum atomic E-state index is 12.0. The normalized spacial score (nSPS) is 10.8. The number of aromatic amines is 1. The Morgan fingerprint density at radius 2 is 2.05 bits per heavy atom. The van der Waals surface area contributed by atoms with Crippen LogP contribution in [0.4, 0.5) is 0 Å². The number of nitrogens with zero attached hydrogens (tertiary/aromatic N) is 1. The van der Waals surface area contributed by atoms with Crippen molar-refractivity contribution in [1.82, 2.24) is 9.78 Å². The lowest BCUT2D eigenvalue weighted by molar-refractivity contribution is 0.415. The Hall–Kier alpha value is -2.20. The van der Waals surface area contributed by atoms with Gasteiger partial charge in [-0.3, -0.25) is 14.6 Å². The van der Waals surface area contributed by atoms with Crippen molar-refractivity contribution in [3.05, 3.63) is 57.8 Å². The van der Waals surface area contributed by atoms with Crippen LogP contribution in [0.3, 0.4) is 0 Å². The van der Waals surface area contributed by atoms with E-state index in [4.69, 9.17) is 16.3 Å². The second kappa shape index (κ2) is 4.48. The van der Waals surface area contributed by atoms with Gasteiger partial charge in [-0.05, 0) is 36.4 Å². The van der Waals surface area contributed by atoms with E-state index >= 15 is 0 Å². The summed E-state index contributed by atoms with van der Waals surface area (Å²) in [6.45, 7) is 0. The molecule has 3 aromatic rings. The first-order chi connectivity index (χ1) is 9.19. The number of hydrogen-bond donors (Lipinski definition) is 1. The van der Waals surface area contributed by atoms with E-state index in [1.807, 2.05) is 24.3 Å². The molecule has 0 saturated heterocycles. The van der Waals surface area contributed by atoms with Crippen LogP contribution < -0.4 is 10.3 Å². The molecule has 0 aliphatic heterocycles. The van der Waals surface area contributed by atoms with Crippen molar-refractivity contribution in [2.24, 2.45) is 0 Å². The van der Waals surface area contributed by atoms with Gasteiger partial charge in [-0.25, -0.2) is 0 Å². The lowest BCUT2D eigenvalue weighted by Gasteiger charge is -2.05. The van der Waals surface area contributed by atoms with Gasteiger partial charge in [-0.15, -0.1) is 0 Å². The molecule has 96 valence electrons. The molecule has 0 spiro atoms. The Balaban J connectivity index is 2.28. The molecule has 1 N–H and O–H groups in total. The van der Waals surface area contributed by atoms with E-state index in [2.05, 4.69) is 5.10 Å². The molecule has 0 amide bonds. The first-order valence-corrected chi connectivity index (χ1v) is 6.11. The number of methoxy groups -OCH3 is 1. The van der Waals surface area contributed by atoms with Gasteiger partial charge in [0.05, 0.1) is 23.7 Å². The van der Waals surface area contributed by atoms with Crippen molar-refractivity contribution >= 4 is 22.5 Å². The molecular weight excluding hydrogens is 264 g/mol. The van der Waals surface area contributed by atoms with Crippen LogP contribution in [0.5, 0.6) is 5.75 Å². The molecule has 1 aromatic heterocycles. The molecule has 0 unspecified atom stereocenters. The van der Waals surface area contributed by atoms with Gasteiger partial charge in [0.25, 0.3) is 5.56 Å². The van der Waals surface area contributed by atoms with Crippen molar-refractivity contribution < 1.29 is 4.74 Å². The van der Waals surface area contributed by atoms with Gasteiger partial charge in [0.2, 0.25) is 0 Å². The van der Waals surface area contributed by atoms with E-state index < -0.39 is 0 Å². The molecule has 3 rings (SSSR count). The monoisotopic (exact) mass is 274 g/mol. The summed E-state index contributed by atoms with van der Waals surface area (Å²) in [5, 5.41) is 4.00. The molecule has 5 heteroatoms. The minimum Gasteiger partial charge on any atom is -0.497 e. The number of benzene rings is 2. The smallest absolute Gasteiger partial charge is 0.272 e. The minimum absolute atomic E-state index is 0.158. The van der Waals surface area contributed by atoms with E-state index in [-0.39, 0.29) is 5.56 Å². The van der Waals surface area contributed by atoms with Crippen LogP contribution in [0.25, 0.3) is 16.6 Å². The maximum Gasteiger partial charge on any atom is 0.272 e. The average Bonchev–Trinajstić information content (AvgIpc) is 2.76. The van der Waals surface area contributed by atoms with Crippen LogP contribution in [0.1, 0.15) is 0 Å². The summed E-state index contributed by atoms with van der Waals surface area (Å²) < 4.78 is 6.84. The third-order valence-electron chi connectivity index (χ3n) is 2.97. The SMILES string of the molecule is COc1ccc2c(c1)c(=O)[nH]n2-c1cccc(Cl)c1. The predicted octanol–water partition coefficient (Wildman–Crippen LogP) is 2.98. The van der Waals surface area contributed by atoms with Gasteiger partial charge in [0.1, 0.15) is 5.75 Å². The van der Waals surface area contributed by atoms with Gasteiger partial charge < -0.3 is 4.74 Å². The quantitative estimate of drug-likeness (QED) is 0.781. The number of hydrogen-bond acceptors (Lipinski definition) is 2. The molecule has 1 heterocycles. The molecule has 19 heavy (non-hydrogen) atoms. The Kier molecular flexibility index (Phi) is 2.80. The van der Waals surface area contributed by atoms with Crippen molar-refractivity contribution in [2.45, 2.75) is 0 Å². The third-order valence-corrected chi connectivity index (χ3v) is 3.20. The van der Waals surface area contributed by atoms with Crippen LogP contribution in [-0.4, -0.2) is 16.9 Å². The summed E-state index contributed by atoms with van der Waals surface area (Å²) >= 11 is 5.98. The molecular formula is C14H11ClN2O2. The van der Waals surface area contributed by atoms with Gasteiger partial charge in [-0.1, -0.05) is 17.7 Å². The second-order valence-corrected chi connectivity index (χ2v) is 4.58. The lowest BCUT2D eigenvalue weighted by atomic mass is 10.2. The fraction of sp³-hybridized carbons (Fsp3) is 0.0714. The maximum absolute atomic E-state index is 12.0. The van der Waals surface area contributed by atoms with Crippen molar-refractivity contribution in [3.63, 3.8) is 0 Å². The fourth-order valence-corrected chi connectivity index (χ4v) is 2.24. The Bertz CT molecular complexity index is 805. The molecule has 0 aliphatic rings. The number of ether oxygens (including phenoxy) is 1. The summed E-state index contributed by atoms with van der Waals surface area (Å²) in [6, 6.07) is 12.7. The molecule has 0 atom stereocenters. The lowest BCUT2D eigenvalue weighted by Crippen LogP contribution is -2.03. The highest BCUT2D eigenvalue weighted by atomic mass is 35.5. The number of fused-ring (bicyclic) bond motifs is 1. The largest absolute Gasteiger partial charge is 0.497 e. The van der Waals surface area contributed by atoms with Crippen LogP contribution in [0, 0.1) is 0 Å². The van der Waals surface area contributed by atoms with Gasteiger partial charge in [-0.2, -0.15) is 0 Å². The minimum atomic E-state index is -0.158. The molecule has 0 radical (unpaired) electrons. The molecule has 0 aliphatic carbocycles. The zero-order valence-electron chi connectivity index (χ0n) is 10.2. The zero-order chi connectivity index (χ0) is 13.4. The highest BCUT2D eigenvalue weighted by Gasteiger charge is 2.09. The van der Waals surface area contributed by atoms with E-state index in [1.54, 1.807) is 30.0 Å². The Morgan fingerprint density at radius 1 is 1.21 bits per heavy atom. The van der Waals surface area contributed by atoms with Crippen molar-refractivity contribution in [3.8, 4) is 11.4 Å². The number of nitrogens with one attached hydrogen (secondary N) is 1. The van der Waals surface area contributed by atoms with E-state index in [0.717, 1.165) is 11.2 Å². The topological polar surface area (TPSA) is 47.0 Å². The number of halogens is 1. The van der Waals surface area contributed by atoms with Gasteiger partial charge in [0.15, 0.2) is 0 Å².